The largest absolute Gasteiger partial charge is 0.490 e. The molecule has 1 atom stereocenters. The van der Waals surface area contributed by atoms with Crippen LogP contribution < -0.4 is 16.2 Å². The lowest BCUT2D eigenvalue weighted by molar-refractivity contribution is 0.0672. The van der Waals surface area contributed by atoms with Gasteiger partial charge in [-0.05, 0) is 25.0 Å². The summed E-state index contributed by atoms with van der Waals surface area (Å²) in [4.78, 5) is 11.2. The van der Waals surface area contributed by atoms with E-state index in [1.807, 2.05) is 0 Å². The fourth-order valence-electron chi connectivity index (χ4n) is 1.82. The first-order valence-corrected chi connectivity index (χ1v) is 5.60. The average molecular weight is 236 g/mol. The molecule has 0 saturated carbocycles. The summed E-state index contributed by atoms with van der Waals surface area (Å²) in [6.07, 6.45) is 2.12. The molecule has 1 aromatic rings. The summed E-state index contributed by atoms with van der Waals surface area (Å²) in [6, 6.07) is 4.80. The van der Waals surface area contributed by atoms with Crippen LogP contribution in [0, 0.1) is 0 Å². The van der Waals surface area contributed by atoms with Gasteiger partial charge in [0.1, 0.15) is 12.4 Å². The Balaban J connectivity index is 2.07. The molecule has 0 radical (unpaired) electrons. The lowest BCUT2D eigenvalue weighted by Gasteiger charge is -2.13. The molecular weight excluding hydrogens is 220 g/mol. The van der Waals surface area contributed by atoms with E-state index < -0.39 is 5.91 Å². The van der Waals surface area contributed by atoms with E-state index in [1.165, 1.54) is 0 Å². The number of hydrogen-bond donors (Lipinski definition) is 2. The first kappa shape index (κ1) is 11.7. The van der Waals surface area contributed by atoms with Gasteiger partial charge in [-0.1, -0.05) is 0 Å². The van der Waals surface area contributed by atoms with Gasteiger partial charge in [0.05, 0.1) is 11.7 Å². The van der Waals surface area contributed by atoms with Gasteiger partial charge in [0.2, 0.25) is 0 Å². The third kappa shape index (κ3) is 2.88. The molecule has 5 heteroatoms. The molecule has 1 aromatic carbocycles. The van der Waals surface area contributed by atoms with E-state index in [4.69, 9.17) is 20.9 Å². The minimum absolute atomic E-state index is 0.0946. The third-order valence-electron chi connectivity index (χ3n) is 2.72. The van der Waals surface area contributed by atoms with E-state index in [0.717, 1.165) is 19.4 Å². The van der Waals surface area contributed by atoms with Gasteiger partial charge in [0.15, 0.2) is 0 Å². The van der Waals surface area contributed by atoms with Crippen LogP contribution in [0.1, 0.15) is 23.2 Å². The highest BCUT2D eigenvalue weighted by molar-refractivity contribution is 5.96. The van der Waals surface area contributed by atoms with Gasteiger partial charge < -0.3 is 20.9 Å². The highest BCUT2D eigenvalue weighted by Gasteiger charge is 2.17. The topological polar surface area (TPSA) is 87.6 Å². The second-order valence-corrected chi connectivity index (χ2v) is 4.07. The molecule has 17 heavy (non-hydrogen) atoms. The van der Waals surface area contributed by atoms with Gasteiger partial charge >= 0.3 is 0 Å². The number of anilines is 1. The normalized spacial score (nSPS) is 19.2. The molecule has 2 rings (SSSR count). The molecule has 1 aliphatic heterocycles. The zero-order chi connectivity index (χ0) is 12.3. The van der Waals surface area contributed by atoms with Crippen molar-refractivity contribution in [2.45, 2.75) is 18.9 Å². The number of carbonyl (C=O) groups excluding carboxylic acids is 1. The Morgan fingerprint density at radius 2 is 2.35 bits per heavy atom. The molecule has 1 unspecified atom stereocenters. The van der Waals surface area contributed by atoms with Crippen molar-refractivity contribution in [3.05, 3.63) is 23.8 Å². The SMILES string of the molecule is NC(=O)c1ccc(N)cc1OCC1CCCO1. The molecule has 1 saturated heterocycles. The third-order valence-corrected chi connectivity index (χ3v) is 2.72. The first-order chi connectivity index (χ1) is 8.16. The van der Waals surface area contributed by atoms with Crippen LogP contribution in [-0.4, -0.2) is 25.2 Å². The lowest BCUT2D eigenvalue weighted by Crippen LogP contribution is -2.19. The van der Waals surface area contributed by atoms with Crippen molar-refractivity contribution in [1.82, 2.24) is 0 Å². The van der Waals surface area contributed by atoms with Crippen molar-refractivity contribution in [3.63, 3.8) is 0 Å². The van der Waals surface area contributed by atoms with Crippen LogP contribution in [0.25, 0.3) is 0 Å². The number of ether oxygens (including phenoxy) is 2. The quantitative estimate of drug-likeness (QED) is 0.761. The Morgan fingerprint density at radius 1 is 1.53 bits per heavy atom. The van der Waals surface area contributed by atoms with Gasteiger partial charge in [-0.3, -0.25) is 4.79 Å². The van der Waals surface area contributed by atoms with E-state index >= 15 is 0 Å². The highest BCUT2D eigenvalue weighted by atomic mass is 16.5. The molecule has 0 aliphatic carbocycles. The van der Waals surface area contributed by atoms with Gasteiger partial charge in [-0.2, -0.15) is 0 Å². The lowest BCUT2D eigenvalue weighted by atomic mass is 10.1. The molecule has 4 N–H and O–H groups in total. The first-order valence-electron chi connectivity index (χ1n) is 5.60. The Morgan fingerprint density at radius 3 is 3.00 bits per heavy atom. The summed E-state index contributed by atoms with van der Waals surface area (Å²) in [5.74, 6) is -0.0969. The second kappa shape index (κ2) is 5.05. The maximum atomic E-state index is 11.2. The van der Waals surface area contributed by atoms with Crippen LogP contribution in [0.5, 0.6) is 5.75 Å². The van der Waals surface area contributed by atoms with Crippen molar-refractivity contribution in [2.75, 3.05) is 18.9 Å². The molecule has 1 amide bonds. The molecule has 1 aliphatic rings. The predicted molar refractivity (Wildman–Crippen MR) is 63.8 cm³/mol. The van der Waals surface area contributed by atoms with E-state index in [9.17, 15) is 4.79 Å². The number of primary amides is 1. The van der Waals surface area contributed by atoms with E-state index in [-0.39, 0.29) is 6.10 Å². The Labute approximate surface area is 99.7 Å². The smallest absolute Gasteiger partial charge is 0.252 e. The number of hydrogen-bond acceptors (Lipinski definition) is 4. The summed E-state index contributed by atoms with van der Waals surface area (Å²) >= 11 is 0. The molecule has 92 valence electrons. The predicted octanol–water partition coefficient (Wildman–Crippen LogP) is 0.925. The Hall–Kier alpha value is -1.75. The highest BCUT2D eigenvalue weighted by Crippen LogP contribution is 2.23. The van der Waals surface area contributed by atoms with Crippen LogP contribution in [0.15, 0.2) is 18.2 Å². The standard InChI is InChI=1S/C12H16N2O3/c13-8-3-4-10(12(14)15)11(6-8)17-7-9-2-1-5-16-9/h3-4,6,9H,1-2,5,7,13H2,(H2,14,15). The van der Waals surface area contributed by atoms with Crippen molar-refractivity contribution in [3.8, 4) is 5.75 Å². The van der Waals surface area contributed by atoms with Crippen molar-refractivity contribution >= 4 is 11.6 Å². The average Bonchev–Trinajstić information content (AvgIpc) is 2.78. The number of nitrogens with two attached hydrogens (primary N) is 2. The number of amides is 1. The summed E-state index contributed by atoms with van der Waals surface area (Å²) < 4.78 is 11.0. The van der Waals surface area contributed by atoms with Crippen molar-refractivity contribution < 1.29 is 14.3 Å². The van der Waals surface area contributed by atoms with Crippen LogP contribution in [0.3, 0.4) is 0 Å². The van der Waals surface area contributed by atoms with Crippen molar-refractivity contribution in [1.29, 1.82) is 0 Å². The van der Waals surface area contributed by atoms with E-state index in [2.05, 4.69) is 0 Å². The summed E-state index contributed by atoms with van der Waals surface area (Å²) in [5, 5.41) is 0. The minimum Gasteiger partial charge on any atom is -0.490 e. The summed E-state index contributed by atoms with van der Waals surface area (Å²) in [5.41, 5.74) is 11.8. The summed E-state index contributed by atoms with van der Waals surface area (Å²) in [6.45, 7) is 1.19. The Kier molecular flexibility index (Phi) is 3.49. The van der Waals surface area contributed by atoms with E-state index in [1.54, 1.807) is 18.2 Å². The van der Waals surface area contributed by atoms with Crippen LogP contribution >= 0.6 is 0 Å². The number of rotatable bonds is 4. The van der Waals surface area contributed by atoms with Gasteiger partial charge in [0, 0.05) is 18.4 Å². The molecule has 0 bridgehead atoms. The van der Waals surface area contributed by atoms with Gasteiger partial charge in [-0.15, -0.1) is 0 Å². The number of benzene rings is 1. The van der Waals surface area contributed by atoms with E-state index in [0.29, 0.717) is 23.6 Å². The second-order valence-electron chi connectivity index (χ2n) is 4.07. The van der Waals surface area contributed by atoms with Crippen LogP contribution in [0.2, 0.25) is 0 Å². The molecule has 0 spiro atoms. The molecule has 0 aromatic heterocycles. The van der Waals surface area contributed by atoms with Crippen LogP contribution in [0.4, 0.5) is 5.69 Å². The maximum absolute atomic E-state index is 11.2. The van der Waals surface area contributed by atoms with Gasteiger partial charge in [-0.25, -0.2) is 0 Å². The minimum atomic E-state index is -0.521. The summed E-state index contributed by atoms with van der Waals surface area (Å²) in [7, 11) is 0. The molecule has 1 fully saturated rings. The molecule has 5 nitrogen and oxygen atoms in total. The molecular formula is C12H16N2O3. The number of carbonyl (C=O) groups is 1. The zero-order valence-electron chi connectivity index (χ0n) is 9.52. The van der Waals surface area contributed by atoms with Crippen LogP contribution in [-0.2, 0) is 4.74 Å². The fraction of sp³-hybridized carbons (Fsp3) is 0.417. The van der Waals surface area contributed by atoms with Gasteiger partial charge in [0.25, 0.3) is 5.91 Å². The molecule has 1 heterocycles. The number of nitrogen functional groups attached to an aromatic ring is 1. The fourth-order valence-corrected chi connectivity index (χ4v) is 1.82. The Bertz CT molecular complexity index is 414. The maximum Gasteiger partial charge on any atom is 0.252 e. The monoisotopic (exact) mass is 236 g/mol. The van der Waals surface area contributed by atoms with Crippen molar-refractivity contribution in [2.24, 2.45) is 5.73 Å². The zero-order valence-corrected chi connectivity index (χ0v) is 9.52.